The van der Waals surface area contributed by atoms with Gasteiger partial charge >= 0.3 is 0 Å². The van der Waals surface area contributed by atoms with E-state index in [0.717, 1.165) is 77.0 Å². The summed E-state index contributed by atoms with van der Waals surface area (Å²) >= 11 is 0. The van der Waals surface area contributed by atoms with Crippen LogP contribution in [0.3, 0.4) is 0 Å². The number of allylic oxidation sites excluding steroid dienone is 2. The van der Waals surface area contributed by atoms with Gasteiger partial charge in [0.15, 0.2) is 0 Å². The van der Waals surface area contributed by atoms with Gasteiger partial charge in [-0.05, 0) is 56.9 Å². The summed E-state index contributed by atoms with van der Waals surface area (Å²) in [5, 5.41) is 9.82. The van der Waals surface area contributed by atoms with Crippen LogP contribution in [0.15, 0.2) is 16.6 Å². The largest absolute Gasteiger partial charge is 0.385 e. The number of nitrogens with zero attached hydrogens (tertiary/aromatic N) is 2. The maximum atomic E-state index is 9.82. The first-order chi connectivity index (χ1) is 12.0. The molecule has 25 heavy (non-hydrogen) atoms. The van der Waals surface area contributed by atoms with E-state index in [2.05, 4.69) is 26.0 Å². The molecule has 0 saturated heterocycles. The number of ether oxygens (including phenoxy) is 2. The number of methoxy groups -OCH3 is 1. The van der Waals surface area contributed by atoms with Gasteiger partial charge in [-0.1, -0.05) is 25.8 Å². The molecule has 0 aromatic carbocycles. The first kappa shape index (κ1) is 21.9. The normalized spacial score (nSPS) is 18.0. The smallest absolute Gasteiger partial charge is 0.0727 e. The summed E-state index contributed by atoms with van der Waals surface area (Å²) in [6, 6.07) is 2.59. The van der Waals surface area contributed by atoms with Crippen LogP contribution in [-0.2, 0) is 9.47 Å². The first-order valence-electron chi connectivity index (χ1n) is 9.75. The number of nitriles is 1. The minimum absolute atomic E-state index is 0.00863. The van der Waals surface area contributed by atoms with Gasteiger partial charge in [0.1, 0.15) is 0 Å². The molecule has 0 amide bonds. The van der Waals surface area contributed by atoms with Gasteiger partial charge in [-0.3, -0.25) is 4.99 Å². The predicted molar refractivity (Wildman–Crippen MR) is 104 cm³/mol. The first-order valence-corrected chi connectivity index (χ1v) is 9.75. The van der Waals surface area contributed by atoms with Crippen molar-refractivity contribution in [2.75, 3.05) is 33.5 Å². The third-order valence-corrected chi connectivity index (χ3v) is 4.92. The summed E-state index contributed by atoms with van der Waals surface area (Å²) in [6.07, 6.45) is 9.55. The van der Waals surface area contributed by atoms with E-state index in [1.165, 1.54) is 5.57 Å². The van der Waals surface area contributed by atoms with Crippen LogP contribution in [0.4, 0.5) is 0 Å². The van der Waals surface area contributed by atoms with Crippen molar-refractivity contribution >= 4 is 5.71 Å². The Balaban J connectivity index is 2.66. The van der Waals surface area contributed by atoms with E-state index in [0.29, 0.717) is 0 Å². The van der Waals surface area contributed by atoms with Crippen LogP contribution < -0.4 is 0 Å². The lowest BCUT2D eigenvalue weighted by molar-refractivity contribution is 0.137. The predicted octanol–water partition coefficient (Wildman–Crippen LogP) is 4.95. The fraction of sp³-hybridized carbons (Fsp3) is 0.810. The lowest BCUT2D eigenvalue weighted by Gasteiger charge is -2.33. The molecule has 0 heterocycles. The second-order valence-electron chi connectivity index (χ2n) is 7.50. The summed E-state index contributed by atoms with van der Waals surface area (Å²) in [7, 11) is 1.72. The molecule has 4 heteroatoms. The minimum atomic E-state index is -0.0240. The molecular formula is C21H36N2O2. The summed E-state index contributed by atoms with van der Waals surface area (Å²) in [5.41, 5.74) is 2.42. The van der Waals surface area contributed by atoms with E-state index in [9.17, 15) is 5.26 Å². The van der Waals surface area contributed by atoms with E-state index in [1.54, 1.807) is 7.11 Å². The Morgan fingerprint density at radius 1 is 1.24 bits per heavy atom. The fourth-order valence-electron chi connectivity index (χ4n) is 3.45. The molecule has 0 spiro atoms. The summed E-state index contributed by atoms with van der Waals surface area (Å²) in [6.45, 7) is 9.65. The zero-order valence-electron chi connectivity index (χ0n) is 16.6. The third-order valence-electron chi connectivity index (χ3n) is 4.92. The van der Waals surface area contributed by atoms with Crippen LogP contribution in [-0.4, -0.2) is 39.2 Å². The zero-order chi connectivity index (χ0) is 18.5. The average Bonchev–Trinajstić information content (AvgIpc) is 2.59. The highest BCUT2D eigenvalue weighted by Crippen LogP contribution is 2.39. The van der Waals surface area contributed by atoms with Crippen molar-refractivity contribution in [2.45, 2.75) is 65.7 Å². The maximum absolute atomic E-state index is 9.82. The van der Waals surface area contributed by atoms with Crippen molar-refractivity contribution in [1.82, 2.24) is 0 Å². The number of unbranched alkanes of at least 4 members (excludes halogenated alkanes) is 1. The number of hydrogen-bond acceptors (Lipinski definition) is 4. The highest BCUT2D eigenvalue weighted by Gasteiger charge is 2.32. The highest BCUT2D eigenvalue weighted by molar-refractivity contribution is 5.96. The molecule has 1 aliphatic carbocycles. The Kier molecular flexibility index (Phi) is 10.7. The van der Waals surface area contributed by atoms with Gasteiger partial charge in [-0.15, -0.1) is 0 Å². The van der Waals surface area contributed by atoms with Crippen molar-refractivity contribution in [1.29, 1.82) is 5.26 Å². The average molecular weight is 349 g/mol. The highest BCUT2D eigenvalue weighted by atomic mass is 16.5. The molecule has 0 saturated carbocycles. The Morgan fingerprint density at radius 3 is 2.72 bits per heavy atom. The lowest BCUT2D eigenvalue weighted by Crippen LogP contribution is -2.26. The second-order valence-corrected chi connectivity index (χ2v) is 7.50. The molecule has 0 fully saturated rings. The maximum Gasteiger partial charge on any atom is 0.0727 e. The summed E-state index contributed by atoms with van der Waals surface area (Å²) in [4.78, 5) is 4.70. The van der Waals surface area contributed by atoms with E-state index >= 15 is 0 Å². The number of aliphatic imine (C=N–C) groups is 1. The van der Waals surface area contributed by atoms with Crippen LogP contribution in [0, 0.1) is 22.7 Å². The molecule has 0 aromatic heterocycles. The van der Waals surface area contributed by atoms with Gasteiger partial charge in [0.05, 0.1) is 12.0 Å². The third kappa shape index (κ3) is 8.16. The van der Waals surface area contributed by atoms with Gasteiger partial charge < -0.3 is 9.47 Å². The molecule has 0 aromatic rings. The molecule has 4 nitrogen and oxygen atoms in total. The zero-order valence-corrected chi connectivity index (χ0v) is 16.6. The van der Waals surface area contributed by atoms with E-state index in [-0.39, 0.29) is 11.3 Å². The Labute approximate surface area is 154 Å². The van der Waals surface area contributed by atoms with Crippen molar-refractivity contribution in [2.24, 2.45) is 16.3 Å². The lowest BCUT2D eigenvalue weighted by atomic mass is 9.70. The molecule has 1 atom stereocenters. The fourth-order valence-corrected chi connectivity index (χ4v) is 3.45. The molecule has 0 bridgehead atoms. The van der Waals surface area contributed by atoms with Crippen molar-refractivity contribution in [3.8, 4) is 6.07 Å². The topological polar surface area (TPSA) is 54.6 Å². The van der Waals surface area contributed by atoms with Gasteiger partial charge in [0.2, 0.25) is 0 Å². The number of rotatable bonds is 12. The van der Waals surface area contributed by atoms with Crippen LogP contribution >= 0.6 is 0 Å². The molecule has 1 aliphatic rings. The van der Waals surface area contributed by atoms with Crippen LogP contribution in [0.2, 0.25) is 0 Å². The molecule has 1 unspecified atom stereocenters. The summed E-state index contributed by atoms with van der Waals surface area (Å²) in [5.74, 6) is -0.0240. The Morgan fingerprint density at radius 2 is 2.04 bits per heavy atom. The SMILES string of the molecule is CCOCCCCC(C)(C)C(C#N)C1=CC(=NCCCOC)CCC1. The molecule has 0 N–H and O–H groups in total. The van der Waals surface area contributed by atoms with Crippen LogP contribution in [0.25, 0.3) is 0 Å². The molecule has 0 aliphatic heterocycles. The van der Waals surface area contributed by atoms with Crippen molar-refractivity contribution in [3.05, 3.63) is 11.6 Å². The molecular weight excluding hydrogens is 312 g/mol. The van der Waals surface area contributed by atoms with E-state index in [1.807, 2.05) is 6.92 Å². The van der Waals surface area contributed by atoms with Gasteiger partial charge in [0.25, 0.3) is 0 Å². The minimum Gasteiger partial charge on any atom is -0.385 e. The second kappa shape index (κ2) is 12.2. The number of hydrogen-bond donors (Lipinski definition) is 0. The van der Waals surface area contributed by atoms with Crippen LogP contribution in [0.5, 0.6) is 0 Å². The van der Waals surface area contributed by atoms with Gasteiger partial charge in [-0.25, -0.2) is 0 Å². The quantitative estimate of drug-likeness (QED) is 0.469. The summed E-state index contributed by atoms with van der Waals surface area (Å²) < 4.78 is 10.5. The molecule has 1 rings (SSSR count). The van der Waals surface area contributed by atoms with E-state index in [4.69, 9.17) is 14.5 Å². The Hall–Kier alpha value is -1.18. The van der Waals surface area contributed by atoms with Crippen molar-refractivity contribution < 1.29 is 9.47 Å². The van der Waals surface area contributed by atoms with Crippen molar-refractivity contribution in [3.63, 3.8) is 0 Å². The molecule has 142 valence electrons. The van der Waals surface area contributed by atoms with Gasteiger partial charge in [-0.2, -0.15) is 5.26 Å². The van der Waals surface area contributed by atoms with Gasteiger partial charge in [0, 0.05) is 39.2 Å². The van der Waals surface area contributed by atoms with E-state index < -0.39 is 0 Å². The molecule has 0 radical (unpaired) electrons. The standard InChI is InChI=1S/C21H36N2O2/c1-5-25-15-7-6-12-21(2,3)20(17-22)18-10-8-11-19(16-18)23-13-9-14-24-4/h16,20H,5-15H2,1-4H3. The monoisotopic (exact) mass is 348 g/mol. The van der Waals surface area contributed by atoms with Crippen LogP contribution in [0.1, 0.15) is 65.7 Å². The Bertz CT molecular complexity index is 475.